The second-order valence-electron chi connectivity index (χ2n) is 5.15. The van der Waals surface area contributed by atoms with Crippen LogP contribution in [0.5, 0.6) is 0 Å². The predicted molar refractivity (Wildman–Crippen MR) is 79.8 cm³/mol. The third-order valence-electron chi connectivity index (χ3n) is 3.90. The van der Waals surface area contributed by atoms with Crippen LogP contribution >= 0.6 is 0 Å². The molecule has 0 amide bonds. The molecule has 1 unspecified atom stereocenters. The number of rotatable bonds is 5. The van der Waals surface area contributed by atoms with Gasteiger partial charge in [0.25, 0.3) is 0 Å². The molecule has 19 heavy (non-hydrogen) atoms. The molecular formula is C14H25N5. The highest BCUT2D eigenvalue weighted by Gasteiger charge is 2.22. The first kappa shape index (κ1) is 14.1. The molecule has 0 aliphatic carbocycles. The summed E-state index contributed by atoms with van der Waals surface area (Å²) in [6.45, 7) is 9.55. The number of hydrogen-bond donors (Lipinski definition) is 2. The molecule has 1 aliphatic rings. The number of aromatic nitrogens is 2. The summed E-state index contributed by atoms with van der Waals surface area (Å²) in [6, 6.07) is 0.637. The number of hydrogen-bond acceptors (Lipinski definition) is 5. The summed E-state index contributed by atoms with van der Waals surface area (Å²) in [5, 5.41) is 6.62. The van der Waals surface area contributed by atoms with E-state index in [0.717, 1.165) is 36.1 Å². The van der Waals surface area contributed by atoms with Crippen molar-refractivity contribution >= 4 is 11.6 Å². The molecule has 1 atom stereocenters. The highest BCUT2D eigenvalue weighted by Crippen LogP contribution is 2.21. The fourth-order valence-electron chi connectivity index (χ4n) is 2.80. The average Bonchev–Trinajstić information content (AvgIpc) is 2.86. The summed E-state index contributed by atoms with van der Waals surface area (Å²) >= 11 is 0. The maximum absolute atomic E-state index is 4.51. The van der Waals surface area contributed by atoms with Crippen molar-refractivity contribution in [2.45, 2.75) is 39.7 Å². The van der Waals surface area contributed by atoms with Crippen LogP contribution in [-0.4, -0.2) is 47.6 Å². The molecule has 1 aliphatic heterocycles. The van der Waals surface area contributed by atoms with Crippen molar-refractivity contribution in [1.29, 1.82) is 0 Å². The second-order valence-corrected chi connectivity index (χ2v) is 5.15. The Bertz CT molecular complexity index is 432. The third kappa shape index (κ3) is 3.15. The lowest BCUT2D eigenvalue weighted by molar-refractivity contribution is 0.277. The minimum absolute atomic E-state index is 0.637. The van der Waals surface area contributed by atoms with E-state index < -0.39 is 0 Å². The minimum atomic E-state index is 0.637. The van der Waals surface area contributed by atoms with Gasteiger partial charge in [0.15, 0.2) is 0 Å². The maximum atomic E-state index is 4.51. The normalized spacial score (nSPS) is 19.7. The largest absolute Gasteiger partial charge is 0.373 e. The SMILES string of the molecule is CCN1CCCC1CNc1nc(C)nc(NC)c1C. The van der Waals surface area contributed by atoms with Crippen molar-refractivity contribution in [1.82, 2.24) is 14.9 Å². The Morgan fingerprint density at radius 2 is 2.00 bits per heavy atom. The van der Waals surface area contributed by atoms with Crippen molar-refractivity contribution < 1.29 is 0 Å². The van der Waals surface area contributed by atoms with Crippen molar-refractivity contribution in [2.75, 3.05) is 37.3 Å². The van der Waals surface area contributed by atoms with Gasteiger partial charge in [-0.2, -0.15) is 0 Å². The highest BCUT2D eigenvalue weighted by atomic mass is 15.2. The second kappa shape index (κ2) is 6.19. The Hall–Kier alpha value is -1.36. The first-order chi connectivity index (χ1) is 9.15. The number of aryl methyl sites for hydroxylation is 1. The van der Waals surface area contributed by atoms with Crippen LogP contribution in [0.1, 0.15) is 31.2 Å². The summed E-state index contributed by atoms with van der Waals surface area (Å²) in [4.78, 5) is 11.4. The van der Waals surface area contributed by atoms with Crippen LogP contribution in [-0.2, 0) is 0 Å². The minimum Gasteiger partial charge on any atom is -0.373 e. The Balaban J connectivity index is 2.05. The highest BCUT2D eigenvalue weighted by molar-refractivity contribution is 5.56. The molecule has 1 fully saturated rings. The average molecular weight is 263 g/mol. The van der Waals surface area contributed by atoms with Crippen molar-refractivity contribution in [2.24, 2.45) is 0 Å². The van der Waals surface area contributed by atoms with Crippen LogP contribution in [0.15, 0.2) is 0 Å². The fourth-order valence-corrected chi connectivity index (χ4v) is 2.80. The van der Waals surface area contributed by atoms with Gasteiger partial charge in [-0.1, -0.05) is 6.92 Å². The summed E-state index contributed by atoms with van der Waals surface area (Å²) < 4.78 is 0. The number of nitrogens with zero attached hydrogens (tertiary/aromatic N) is 3. The first-order valence-electron chi connectivity index (χ1n) is 7.16. The quantitative estimate of drug-likeness (QED) is 0.851. The van der Waals surface area contributed by atoms with Gasteiger partial charge in [0.1, 0.15) is 17.5 Å². The molecule has 2 heterocycles. The van der Waals surface area contributed by atoms with E-state index in [4.69, 9.17) is 0 Å². The fraction of sp³-hybridized carbons (Fsp3) is 0.714. The molecular weight excluding hydrogens is 238 g/mol. The van der Waals surface area contributed by atoms with Crippen LogP contribution < -0.4 is 10.6 Å². The smallest absolute Gasteiger partial charge is 0.134 e. The standard InChI is InChI=1S/C14H25N5/c1-5-19-8-6-7-12(19)9-16-14-10(2)13(15-4)17-11(3)18-14/h12H,5-9H2,1-4H3,(H2,15,16,17,18). The monoisotopic (exact) mass is 263 g/mol. The predicted octanol–water partition coefficient (Wildman–Crippen LogP) is 2.03. The zero-order valence-corrected chi connectivity index (χ0v) is 12.5. The van der Waals surface area contributed by atoms with Crippen LogP contribution in [0.3, 0.4) is 0 Å². The van der Waals surface area contributed by atoms with Crippen LogP contribution in [0, 0.1) is 13.8 Å². The van der Waals surface area contributed by atoms with Gasteiger partial charge in [-0.05, 0) is 39.8 Å². The molecule has 5 heteroatoms. The summed E-state index contributed by atoms with van der Waals surface area (Å²) in [5.74, 6) is 2.67. The molecule has 1 aromatic heterocycles. The lowest BCUT2D eigenvalue weighted by Gasteiger charge is -2.23. The van der Waals surface area contributed by atoms with Gasteiger partial charge in [-0.25, -0.2) is 9.97 Å². The van der Waals surface area contributed by atoms with Crippen LogP contribution in [0.2, 0.25) is 0 Å². The van der Waals surface area contributed by atoms with Crippen molar-refractivity contribution in [3.8, 4) is 0 Å². The van der Waals surface area contributed by atoms with E-state index in [1.165, 1.54) is 19.4 Å². The molecule has 0 saturated carbocycles. The molecule has 0 bridgehead atoms. The summed E-state index contributed by atoms with van der Waals surface area (Å²) in [6.07, 6.45) is 2.59. The molecule has 1 aromatic rings. The molecule has 2 N–H and O–H groups in total. The van der Waals surface area contributed by atoms with E-state index in [2.05, 4.69) is 39.3 Å². The van der Waals surface area contributed by atoms with E-state index in [-0.39, 0.29) is 0 Å². The topological polar surface area (TPSA) is 53.1 Å². The van der Waals surface area contributed by atoms with E-state index in [9.17, 15) is 0 Å². The molecule has 1 saturated heterocycles. The van der Waals surface area contributed by atoms with Crippen molar-refractivity contribution in [3.05, 3.63) is 11.4 Å². The Kier molecular flexibility index (Phi) is 4.58. The van der Waals surface area contributed by atoms with Gasteiger partial charge in [-0.15, -0.1) is 0 Å². The summed E-state index contributed by atoms with van der Waals surface area (Å²) in [7, 11) is 1.90. The van der Waals surface area contributed by atoms with Crippen LogP contribution in [0.4, 0.5) is 11.6 Å². The van der Waals surface area contributed by atoms with E-state index in [0.29, 0.717) is 6.04 Å². The van der Waals surface area contributed by atoms with Gasteiger partial charge < -0.3 is 10.6 Å². The summed E-state index contributed by atoms with van der Waals surface area (Å²) in [5.41, 5.74) is 1.09. The van der Waals surface area contributed by atoms with E-state index in [1.807, 2.05) is 14.0 Å². The zero-order chi connectivity index (χ0) is 13.8. The molecule has 0 aromatic carbocycles. The number of likely N-dealkylation sites (tertiary alicyclic amines) is 1. The number of anilines is 2. The Morgan fingerprint density at radius 1 is 1.26 bits per heavy atom. The molecule has 5 nitrogen and oxygen atoms in total. The van der Waals surface area contributed by atoms with E-state index >= 15 is 0 Å². The number of nitrogens with one attached hydrogen (secondary N) is 2. The van der Waals surface area contributed by atoms with Crippen molar-refractivity contribution in [3.63, 3.8) is 0 Å². The maximum Gasteiger partial charge on any atom is 0.134 e. The molecule has 0 radical (unpaired) electrons. The lowest BCUT2D eigenvalue weighted by atomic mass is 10.2. The number of likely N-dealkylation sites (N-methyl/N-ethyl adjacent to an activating group) is 1. The van der Waals surface area contributed by atoms with Crippen LogP contribution in [0.25, 0.3) is 0 Å². The molecule has 0 spiro atoms. The molecule has 106 valence electrons. The van der Waals surface area contributed by atoms with Gasteiger partial charge in [0.05, 0.1) is 0 Å². The first-order valence-corrected chi connectivity index (χ1v) is 7.16. The molecule has 2 rings (SSSR count). The lowest BCUT2D eigenvalue weighted by Crippen LogP contribution is -2.35. The third-order valence-corrected chi connectivity index (χ3v) is 3.90. The van der Waals surface area contributed by atoms with E-state index in [1.54, 1.807) is 0 Å². The van der Waals surface area contributed by atoms with Gasteiger partial charge >= 0.3 is 0 Å². The van der Waals surface area contributed by atoms with Gasteiger partial charge in [-0.3, -0.25) is 4.90 Å². The Labute approximate surface area is 115 Å². The Morgan fingerprint density at radius 3 is 2.68 bits per heavy atom. The zero-order valence-electron chi connectivity index (χ0n) is 12.5. The van der Waals surface area contributed by atoms with Gasteiger partial charge in [0, 0.05) is 25.2 Å². The van der Waals surface area contributed by atoms with Gasteiger partial charge in [0.2, 0.25) is 0 Å².